The lowest BCUT2D eigenvalue weighted by atomic mass is 10.2. The monoisotopic (exact) mass is 366 g/mol. The molecule has 1 aliphatic rings. The van der Waals surface area contributed by atoms with Crippen molar-refractivity contribution in [2.75, 3.05) is 10.6 Å². The van der Waals surface area contributed by atoms with Gasteiger partial charge in [-0.05, 0) is 55.0 Å². The zero-order chi connectivity index (χ0) is 18.9. The summed E-state index contributed by atoms with van der Waals surface area (Å²) >= 11 is 0. The number of carbonyl (C=O) groups is 2. The van der Waals surface area contributed by atoms with E-state index in [-0.39, 0.29) is 11.6 Å². The van der Waals surface area contributed by atoms with E-state index >= 15 is 0 Å². The van der Waals surface area contributed by atoms with Crippen LogP contribution in [0, 0.1) is 17.7 Å². The van der Waals surface area contributed by atoms with Crippen molar-refractivity contribution < 1.29 is 27.2 Å². The van der Waals surface area contributed by atoms with E-state index in [9.17, 15) is 27.2 Å². The van der Waals surface area contributed by atoms with Crippen LogP contribution in [0.2, 0.25) is 0 Å². The highest BCUT2D eigenvalue weighted by atomic mass is 19.4. The van der Waals surface area contributed by atoms with Gasteiger partial charge in [-0.2, -0.15) is 13.2 Å². The van der Waals surface area contributed by atoms with Gasteiger partial charge in [0.1, 0.15) is 5.82 Å². The van der Waals surface area contributed by atoms with Gasteiger partial charge in [-0.15, -0.1) is 0 Å². The number of hydrogen-bond acceptors (Lipinski definition) is 2. The first kappa shape index (κ1) is 17.9. The van der Waals surface area contributed by atoms with Gasteiger partial charge in [-0.1, -0.05) is 0 Å². The van der Waals surface area contributed by atoms with Crippen LogP contribution in [0.25, 0.3) is 0 Å². The van der Waals surface area contributed by atoms with Crippen LogP contribution in [0.4, 0.5) is 28.9 Å². The Hall–Kier alpha value is -2.90. The van der Waals surface area contributed by atoms with Crippen LogP contribution in [-0.2, 0) is 15.8 Å². The average molecular weight is 366 g/mol. The van der Waals surface area contributed by atoms with E-state index in [0.29, 0.717) is 12.1 Å². The second-order valence-electron chi connectivity index (χ2n) is 6.01. The zero-order valence-corrected chi connectivity index (χ0v) is 13.3. The molecule has 26 heavy (non-hydrogen) atoms. The lowest BCUT2D eigenvalue weighted by molar-refractivity contribution is -0.137. The predicted molar refractivity (Wildman–Crippen MR) is 86.7 cm³/mol. The second kappa shape index (κ2) is 6.78. The Balaban J connectivity index is 1.53. The summed E-state index contributed by atoms with van der Waals surface area (Å²) in [6, 6.07) is 9.31. The summed E-state index contributed by atoms with van der Waals surface area (Å²) in [7, 11) is 0. The highest BCUT2D eigenvalue weighted by molar-refractivity contribution is 6.03. The fourth-order valence-corrected chi connectivity index (χ4v) is 2.52. The van der Waals surface area contributed by atoms with Gasteiger partial charge in [-0.25, -0.2) is 4.39 Å². The summed E-state index contributed by atoms with van der Waals surface area (Å²) in [6.45, 7) is 0. The van der Waals surface area contributed by atoms with Crippen LogP contribution in [0.1, 0.15) is 12.0 Å². The summed E-state index contributed by atoms with van der Waals surface area (Å²) in [6.07, 6.45) is -4.10. The number of benzene rings is 2. The Kier molecular flexibility index (Phi) is 4.67. The number of hydrogen-bond donors (Lipinski definition) is 2. The van der Waals surface area contributed by atoms with Gasteiger partial charge < -0.3 is 10.6 Å². The molecule has 0 heterocycles. The van der Waals surface area contributed by atoms with Gasteiger partial charge in [0.05, 0.1) is 17.4 Å². The smallest absolute Gasteiger partial charge is 0.326 e. The van der Waals surface area contributed by atoms with Gasteiger partial charge in [-0.3, -0.25) is 9.59 Å². The topological polar surface area (TPSA) is 58.2 Å². The molecular weight excluding hydrogens is 352 g/mol. The number of rotatable bonds is 4. The Labute approximate surface area is 146 Å². The van der Waals surface area contributed by atoms with Gasteiger partial charge in [0.2, 0.25) is 11.8 Å². The van der Waals surface area contributed by atoms with Crippen molar-refractivity contribution in [2.24, 2.45) is 11.8 Å². The second-order valence-corrected chi connectivity index (χ2v) is 6.01. The van der Waals surface area contributed by atoms with Crippen molar-refractivity contribution in [3.63, 3.8) is 0 Å². The molecule has 0 aliphatic heterocycles. The first-order valence-electron chi connectivity index (χ1n) is 7.78. The number of carbonyl (C=O) groups excluding carboxylic acids is 2. The minimum absolute atomic E-state index is 0.229. The van der Waals surface area contributed by atoms with Crippen LogP contribution < -0.4 is 10.6 Å². The van der Waals surface area contributed by atoms with E-state index in [2.05, 4.69) is 10.6 Å². The molecule has 1 fully saturated rings. The van der Waals surface area contributed by atoms with Gasteiger partial charge in [0, 0.05) is 11.4 Å². The normalized spacial score (nSPS) is 18.9. The molecular formula is C18H14F4N2O2. The molecule has 0 saturated heterocycles. The van der Waals surface area contributed by atoms with Crippen LogP contribution in [0.3, 0.4) is 0 Å². The molecule has 4 nitrogen and oxygen atoms in total. The van der Waals surface area contributed by atoms with Crippen molar-refractivity contribution in [2.45, 2.75) is 12.6 Å². The van der Waals surface area contributed by atoms with E-state index in [1.165, 1.54) is 24.3 Å². The fourth-order valence-electron chi connectivity index (χ4n) is 2.52. The highest BCUT2D eigenvalue weighted by Crippen LogP contribution is 2.40. The minimum atomic E-state index is -4.44. The average Bonchev–Trinajstić information content (AvgIpc) is 3.37. The third-order valence-corrected chi connectivity index (χ3v) is 4.06. The Morgan fingerprint density at radius 3 is 1.65 bits per heavy atom. The van der Waals surface area contributed by atoms with Crippen molar-refractivity contribution >= 4 is 23.2 Å². The van der Waals surface area contributed by atoms with Crippen LogP contribution >= 0.6 is 0 Å². The van der Waals surface area contributed by atoms with Crippen molar-refractivity contribution in [3.8, 4) is 0 Å². The predicted octanol–water partition coefficient (Wildman–Crippen LogP) is 4.06. The summed E-state index contributed by atoms with van der Waals surface area (Å²) in [5.41, 5.74) is -0.156. The first-order chi connectivity index (χ1) is 12.2. The van der Waals surface area contributed by atoms with Crippen molar-refractivity contribution in [3.05, 3.63) is 59.9 Å². The summed E-state index contributed by atoms with van der Waals surface area (Å²) in [4.78, 5) is 24.2. The molecule has 0 radical (unpaired) electrons. The van der Waals surface area contributed by atoms with E-state index in [4.69, 9.17) is 0 Å². The van der Waals surface area contributed by atoms with E-state index < -0.39 is 35.3 Å². The van der Waals surface area contributed by atoms with Crippen molar-refractivity contribution in [1.82, 2.24) is 0 Å². The zero-order valence-electron chi connectivity index (χ0n) is 13.3. The number of halogens is 4. The minimum Gasteiger partial charge on any atom is -0.326 e. The largest absolute Gasteiger partial charge is 0.416 e. The van der Waals surface area contributed by atoms with Crippen LogP contribution in [0.5, 0.6) is 0 Å². The molecule has 1 aliphatic carbocycles. The highest BCUT2D eigenvalue weighted by Gasteiger charge is 2.48. The lowest BCUT2D eigenvalue weighted by Gasteiger charge is -2.09. The first-order valence-corrected chi connectivity index (χ1v) is 7.78. The van der Waals surface area contributed by atoms with Gasteiger partial charge in [0.15, 0.2) is 0 Å². The number of nitrogens with one attached hydrogen (secondary N) is 2. The van der Waals surface area contributed by atoms with Gasteiger partial charge >= 0.3 is 6.18 Å². The quantitative estimate of drug-likeness (QED) is 0.802. The standard InChI is InChI=1S/C18H14F4N2O2/c19-11-3-7-13(8-4-11)24-17(26)15-9-14(15)16(25)23-12-5-1-10(2-6-12)18(20,21)22/h1-8,14-15H,9H2,(H,23,25)(H,24,26). The fraction of sp³-hybridized carbons (Fsp3) is 0.222. The third-order valence-electron chi connectivity index (χ3n) is 4.06. The summed E-state index contributed by atoms with van der Waals surface area (Å²) in [5.74, 6) is -2.27. The third kappa shape index (κ3) is 4.19. The molecule has 2 aromatic rings. The molecule has 0 aromatic heterocycles. The number of anilines is 2. The van der Waals surface area contributed by atoms with E-state index in [1.807, 2.05) is 0 Å². The Morgan fingerprint density at radius 1 is 0.808 bits per heavy atom. The molecule has 2 amide bonds. The Bertz CT molecular complexity index is 817. The number of alkyl halides is 3. The van der Waals surface area contributed by atoms with Crippen LogP contribution in [0.15, 0.2) is 48.5 Å². The van der Waals surface area contributed by atoms with Crippen LogP contribution in [-0.4, -0.2) is 11.8 Å². The van der Waals surface area contributed by atoms with E-state index in [1.54, 1.807) is 0 Å². The Morgan fingerprint density at radius 2 is 1.23 bits per heavy atom. The van der Waals surface area contributed by atoms with E-state index in [0.717, 1.165) is 24.3 Å². The molecule has 8 heteroatoms. The molecule has 1 saturated carbocycles. The maximum absolute atomic E-state index is 12.8. The number of amides is 2. The molecule has 3 rings (SSSR count). The maximum Gasteiger partial charge on any atom is 0.416 e. The summed E-state index contributed by atoms with van der Waals surface area (Å²) in [5, 5.41) is 5.10. The molecule has 2 N–H and O–H groups in total. The molecule has 136 valence electrons. The SMILES string of the molecule is O=C(Nc1ccc(F)cc1)C1CC1C(=O)Nc1ccc(C(F)(F)F)cc1. The molecule has 0 bridgehead atoms. The molecule has 2 atom stereocenters. The van der Waals surface area contributed by atoms with Gasteiger partial charge in [0.25, 0.3) is 0 Å². The molecule has 2 unspecified atom stereocenters. The molecule has 0 spiro atoms. The molecule has 2 aromatic carbocycles. The summed E-state index contributed by atoms with van der Waals surface area (Å²) < 4.78 is 50.4. The maximum atomic E-state index is 12.8. The van der Waals surface area contributed by atoms with Crippen molar-refractivity contribution in [1.29, 1.82) is 0 Å². The lowest BCUT2D eigenvalue weighted by Crippen LogP contribution is -2.20.